The zero-order chi connectivity index (χ0) is 19.3. The third kappa shape index (κ3) is 5.41. The molecule has 0 aliphatic carbocycles. The first-order chi connectivity index (χ1) is 12.2. The van der Waals surface area contributed by atoms with Crippen LogP contribution in [0.15, 0.2) is 30.3 Å². The number of anilines is 1. The molecule has 0 fully saturated rings. The van der Waals surface area contributed by atoms with Crippen LogP contribution in [0, 0.1) is 17.0 Å². The van der Waals surface area contributed by atoms with Crippen LogP contribution in [0.4, 0.5) is 24.5 Å². The maximum Gasteiger partial charge on any atom is 0.435 e. The molecule has 0 spiro atoms. The predicted molar refractivity (Wildman–Crippen MR) is 93.9 cm³/mol. The second-order valence-electron chi connectivity index (χ2n) is 5.43. The van der Waals surface area contributed by atoms with Gasteiger partial charge in [-0.1, -0.05) is 0 Å². The van der Waals surface area contributed by atoms with Crippen molar-refractivity contribution >= 4 is 28.7 Å². The fraction of sp³-hybridized carbons (Fsp3) is 0.333. The van der Waals surface area contributed by atoms with Gasteiger partial charge in [0, 0.05) is 36.6 Å². The maximum atomic E-state index is 12.6. The van der Waals surface area contributed by atoms with Gasteiger partial charge in [0.05, 0.1) is 4.92 Å². The topological polar surface area (TPSA) is 85.0 Å². The van der Waals surface area contributed by atoms with Crippen LogP contribution in [-0.4, -0.2) is 26.4 Å². The largest absolute Gasteiger partial charge is 0.435 e. The van der Waals surface area contributed by atoms with Crippen molar-refractivity contribution in [3.63, 3.8) is 0 Å². The molecule has 0 saturated carbocycles. The molecular weight excluding hydrogens is 371 g/mol. The average Bonchev–Trinajstić information content (AvgIpc) is 2.93. The summed E-state index contributed by atoms with van der Waals surface area (Å²) in [7, 11) is 0. The maximum absolute atomic E-state index is 12.6. The Bertz CT molecular complexity index is 790. The van der Waals surface area contributed by atoms with E-state index in [1.165, 1.54) is 28.9 Å². The van der Waals surface area contributed by atoms with Crippen LogP contribution >= 0.6 is 12.2 Å². The molecule has 1 aromatic heterocycles. The Balaban J connectivity index is 1.76. The van der Waals surface area contributed by atoms with E-state index in [2.05, 4.69) is 15.7 Å². The highest BCUT2D eigenvalue weighted by Gasteiger charge is 2.34. The lowest BCUT2D eigenvalue weighted by Gasteiger charge is -2.11. The van der Waals surface area contributed by atoms with Gasteiger partial charge in [-0.25, -0.2) is 0 Å². The normalized spacial score (nSPS) is 11.2. The van der Waals surface area contributed by atoms with Crippen molar-refractivity contribution in [1.29, 1.82) is 0 Å². The molecule has 11 heteroatoms. The molecule has 0 radical (unpaired) electrons. The van der Waals surface area contributed by atoms with Gasteiger partial charge >= 0.3 is 6.18 Å². The van der Waals surface area contributed by atoms with Crippen molar-refractivity contribution in [3.8, 4) is 0 Å². The highest BCUT2D eigenvalue weighted by Crippen LogP contribution is 2.28. The van der Waals surface area contributed by atoms with E-state index in [9.17, 15) is 23.3 Å². The van der Waals surface area contributed by atoms with Gasteiger partial charge < -0.3 is 10.6 Å². The molecule has 0 unspecified atom stereocenters. The van der Waals surface area contributed by atoms with E-state index in [4.69, 9.17) is 12.2 Å². The van der Waals surface area contributed by atoms with Gasteiger partial charge in [0.1, 0.15) is 0 Å². The summed E-state index contributed by atoms with van der Waals surface area (Å²) in [6, 6.07) is 6.76. The van der Waals surface area contributed by atoms with E-state index in [-0.39, 0.29) is 5.69 Å². The predicted octanol–water partition coefficient (Wildman–Crippen LogP) is 3.50. The van der Waals surface area contributed by atoms with Crippen molar-refractivity contribution in [2.75, 3.05) is 11.9 Å². The van der Waals surface area contributed by atoms with Crippen molar-refractivity contribution in [1.82, 2.24) is 15.1 Å². The number of thiocarbonyl (C=S) groups is 1. The first-order valence-corrected chi connectivity index (χ1v) is 7.98. The summed E-state index contributed by atoms with van der Waals surface area (Å²) in [5.41, 5.74) is 0.0929. The lowest BCUT2D eigenvalue weighted by Crippen LogP contribution is -2.29. The van der Waals surface area contributed by atoms with Gasteiger partial charge in [0.25, 0.3) is 5.69 Å². The van der Waals surface area contributed by atoms with E-state index in [0.717, 1.165) is 6.07 Å². The molecule has 1 aromatic carbocycles. The molecule has 2 N–H and O–H groups in total. The van der Waals surface area contributed by atoms with E-state index in [0.29, 0.717) is 36.0 Å². The Kier molecular flexibility index (Phi) is 6.14. The second-order valence-corrected chi connectivity index (χ2v) is 5.84. The lowest BCUT2D eigenvalue weighted by atomic mass is 10.3. The van der Waals surface area contributed by atoms with E-state index in [1.807, 2.05) is 0 Å². The van der Waals surface area contributed by atoms with Crippen molar-refractivity contribution in [2.24, 2.45) is 0 Å². The lowest BCUT2D eigenvalue weighted by molar-refractivity contribution is -0.384. The van der Waals surface area contributed by atoms with Crippen LogP contribution in [0.1, 0.15) is 17.8 Å². The molecule has 0 saturated heterocycles. The highest BCUT2D eigenvalue weighted by atomic mass is 32.1. The number of hydrogen-bond acceptors (Lipinski definition) is 4. The standard InChI is InChI=1S/C15H16F3N5O2S/c1-10-9-13(15(16,17)18)21-22(10)8-2-7-19-14(26)20-11-3-5-12(6-4-11)23(24)25/h3-6,9H,2,7-8H2,1H3,(H2,19,20,26). The molecule has 1 heterocycles. The first-order valence-electron chi connectivity index (χ1n) is 7.58. The zero-order valence-corrected chi connectivity index (χ0v) is 14.5. The number of nitro groups is 1. The van der Waals surface area contributed by atoms with Gasteiger partial charge in [-0.3, -0.25) is 14.8 Å². The Morgan fingerprint density at radius 1 is 1.35 bits per heavy atom. The molecule has 2 rings (SSSR count). The highest BCUT2D eigenvalue weighted by molar-refractivity contribution is 7.80. The summed E-state index contributed by atoms with van der Waals surface area (Å²) in [5, 5.41) is 20.2. The SMILES string of the molecule is Cc1cc(C(F)(F)F)nn1CCCNC(=S)Nc1ccc([N+](=O)[O-])cc1. The number of nitrogens with zero attached hydrogens (tertiary/aromatic N) is 3. The van der Waals surface area contributed by atoms with E-state index >= 15 is 0 Å². The number of non-ortho nitro benzene ring substituents is 1. The van der Waals surface area contributed by atoms with E-state index in [1.54, 1.807) is 6.92 Å². The molecule has 140 valence electrons. The minimum atomic E-state index is -4.45. The molecule has 2 aromatic rings. The molecule has 0 amide bonds. The monoisotopic (exact) mass is 387 g/mol. The van der Waals surface area contributed by atoms with Gasteiger partial charge in [0.15, 0.2) is 10.8 Å². The second kappa shape index (κ2) is 8.13. The molecule has 26 heavy (non-hydrogen) atoms. The van der Waals surface area contributed by atoms with Crippen LogP contribution in [0.3, 0.4) is 0 Å². The first kappa shape index (κ1) is 19.6. The number of aromatic nitrogens is 2. The fourth-order valence-corrected chi connectivity index (χ4v) is 2.37. The number of alkyl halides is 3. The Labute approximate surface area is 152 Å². The Morgan fingerprint density at radius 3 is 2.54 bits per heavy atom. The summed E-state index contributed by atoms with van der Waals surface area (Å²) in [5.74, 6) is 0. The number of aryl methyl sites for hydroxylation is 2. The quantitative estimate of drug-likeness (QED) is 0.342. The van der Waals surface area contributed by atoms with Crippen molar-refractivity contribution in [2.45, 2.75) is 26.1 Å². The van der Waals surface area contributed by atoms with Crippen LogP contribution in [0.5, 0.6) is 0 Å². The van der Waals surface area contributed by atoms with Crippen molar-refractivity contribution < 1.29 is 18.1 Å². The molecule has 0 aliphatic rings. The number of nitro benzene ring substituents is 1. The van der Waals surface area contributed by atoms with Gasteiger partial charge in [-0.05, 0) is 43.8 Å². The minimum Gasteiger partial charge on any atom is -0.362 e. The average molecular weight is 387 g/mol. The van der Waals surface area contributed by atoms with Crippen LogP contribution < -0.4 is 10.6 Å². The zero-order valence-electron chi connectivity index (χ0n) is 13.7. The Hall–Kier alpha value is -2.69. The molecule has 0 atom stereocenters. The summed E-state index contributed by atoms with van der Waals surface area (Å²) in [6.45, 7) is 2.31. The van der Waals surface area contributed by atoms with Gasteiger partial charge in [0.2, 0.25) is 0 Å². The summed E-state index contributed by atoms with van der Waals surface area (Å²) >= 11 is 5.10. The summed E-state index contributed by atoms with van der Waals surface area (Å²) < 4.78 is 39.1. The van der Waals surface area contributed by atoms with Gasteiger partial charge in [-0.2, -0.15) is 18.3 Å². The third-order valence-corrected chi connectivity index (χ3v) is 3.69. The summed E-state index contributed by atoms with van der Waals surface area (Å²) in [6.07, 6.45) is -3.94. The Morgan fingerprint density at radius 2 is 2.00 bits per heavy atom. The van der Waals surface area contributed by atoms with Crippen molar-refractivity contribution in [3.05, 3.63) is 51.8 Å². The smallest absolute Gasteiger partial charge is 0.362 e. The molecule has 0 bridgehead atoms. The minimum absolute atomic E-state index is 0.0257. The fourth-order valence-electron chi connectivity index (χ4n) is 2.15. The van der Waals surface area contributed by atoms with E-state index < -0.39 is 16.8 Å². The summed E-state index contributed by atoms with van der Waals surface area (Å²) in [4.78, 5) is 10.1. The van der Waals surface area contributed by atoms with Crippen LogP contribution in [0.25, 0.3) is 0 Å². The number of halogens is 3. The van der Waals surface area contributed by atoms with Crippen LogP contribution in [-0.2, 0) is 12.7 Å². The molecule has 0 aliphatic heterocycles. The number of hydrogen-bond donors (Lipinski definition) is 2. The number of benzene rings is 1. The number of nitrogens with one attached hydrogen (secondary N) is 2. The molecular formula is C15H16F3N5O2S. The molecule has 7 nitrogen and oxygen atoms in total. The van der Waals surface area contributed by atoms with Gasteiger partial charge in [-0.15, -0.1) is 0 Å². The third-order valence-electron chi connectivity index (χ3n) is 3.44. The number of rotatable bonds is 6. The van der Waals surface area contributed by atoms with Crippen LogP contribution in [0.2, 0.25) is 0 Å².